The van der Waals surface area contributed by atoms with Gasteiger partial charge in [0.05, 0.1) is 11.4 Å². The largest absolute Gasteiger partial charge is 0.272 e. The van der Waals surface area contributed by atoms with Crippen LogP contribution in [0.5, 0.6) is 0 Å². The maximum Gasteiger partial charge on any atom is 0.266 e. The molecule has 0 radical (unpaired) electrons. The number of carbonyl (C=O) groups excluding carboxylic acids is 1. The summed E-state index contributed by atoms with van der Waals surface area (Å²) in [7, 11) is -3.98. The second-order valence-electron chi connectivity index (χ2n) is 6.52. The fourth-order valence-electron chi connectivity index (χ4n) is 3.52. The molecule has 142 valence electrons. The van der Waals surface area contributed by atoms with E-state index in [1.807, 2.05) is 42.5 Å². The molecule has 2 aromatic rings. The molecule has 1 aliphatic heterocycles. The van der Waals surface area contributed by atoms with E-state index in [2.05, 4.69) is 31.9 Å². The van der Waals surface area contributed by atoms with Crippen molar-refractivity contribution in [1.29, 1.82) is 0 Å². The van der Waals surface area contributed by atoms with Gasteiger partial charge in [-0.05, 0) is 41.5 Å². The average Bonchev–Trinajstić information content (AvgIpc) is 2.87. The minimum Gasteiger partial charge on any atom is -0.272 e. The molecule has 0 N–H and O–H groups in total. The molecule has 4 nitrogen and oxygen atoms in total. The third-order valence-corrected chi connectivity index (χ3v) is 7.75. The van der Waals surface area contributed by atoms with E-state index in [0.29, 0.717) is 0 Å². The molecule has 4 rings (SSSR count). The summed E-state index contributed by atoms with van der Waals surface area (Å²) in [5.41, 5.74) is 0.317. The van der Waals surface area contributed by atoms with Gasteiger partial charge in [-0.1, -0.05) is 80.4 Å². The number of sulfonamides is 1. The van der Waals surface area contributed by atoms with Gasteiger partial charge in [-0.2, -0.15) is 0 Å². The van der Waals surface area contributed by atoms with Crippen LogP contribution in [-0.2, 0) is 20.2 Å². The number of benzene rings is 2. The molecule has 1 fully saturated rings. The summed E-state index contributed by atoms with van der Waals surface area (Å²) in [6.07, 6.45) is 7.23. The van der Waals surface area contributed by atoms with Gasteiger partial charge < -0.3 is 0 Å². The molecular formula is C21H15Br2NO3S. The van der Waals surface area contributed by atoms with Crippen LogP contribution in [0.1, 0.15) is 5.56 Å². The van der Waals surface area contributed by atoms with Crippen molar-refractivity contribution in [3.8, 4) is 0 Å². The lowest BCUT2D eigenvalue weighted by atomic mass is 9.75. The van der Waals surface area contributed by atoms with Crippen LogP contribution in [0.2, 0.25) is 0 Å². The Labute approximate surface area is 180 Å². The van der Waals surface area contributed by atoms with E-state index in [1.165, 1.54) is 12.1 Å². The first-order chi connectivity index (χ1) is 13.4. The third kappa shape index (κ3) is 3.02. The zero-order chi connectivity index (χ0) is 19.9. The molecule has 28 heavy (non-hydrogen) atoms. The molecule has 2 aliphatic rings. The first-order valence-corrected chi connectivity index (χ1v) is 11.5. The topological polar surface area (TPSA) is 54.5 Å². The van der Waals surface area contributed by atoms with Crippen LogP contribution >= 0.6 is 31.9 Å². The van der Waals surface area contributed by atoms with E-state index in [1.54, 1.807) is 24.3 Å². The second kappa shape index (κ2) is 7.13. The van der Waals surface area contributed by atoms with Crippen molar-refractivity contribution in [1.82, 2.24) is 4.31 Å². The number of hydrogen-bond donors (Lipinski definition) is 0. The molecule has 1 atom stereocenters. The number of hydrogen-bond acceptors (Lipinski definition) is 3. The highest BCUT2D eigenvalue weighted by atomic mass is 79.9. The summed E-state index contributed by atoms with van der Waals surface area (Å²) in [6.45, 7) is 0.00719. The fourth-order valence-corrected chi connectivity index (χ4v) is 5.46. The van der Waals surface area contributed by atoms with E-state index in [-0.39, 0.29) is 11.4 Å². The van der Waals surface area contributed by atoms with Crippen LogP contribution in [0.3, 0.4) is 0 Å². The Bertz CT molecular complexity index is 1140. The number of nitrogens with zero attached hydrogens (tertiary/aromatic N) is 1. The molecule has 1 aliphatic carbocycles. The Balaban J connectivity index is 1.88. The number of amides is 1. The smallest absolute Gasteiger partial charge is 0.266 e. The summed E-state index contributed by atoms with van der Waals surface area (Å²) >= 11 is 6.75. The number of allylic oxidation sites excluding steroid dienone is 4. The van der Waals surface area contributed by atoms with Crippen LogP contribution < -0.4 is 0 Å². The quantitative estimate of drug-likeness (QED) is 0.589. The van der Waals surface area contributed by atoms with Crippen molar-refractivity contribution >= 4 is 47.8 Å². The molecule has 2 aromatic carbocycles. The first-order valence-electron chi connectivity index (χ1n) is 8.50. The standard InChI is InChI=1S/C21H15Br2NO3S/c22-17-8-10-19(11-9-17)28(26,27)24-14-16-6-7-18(23)12-13-21(16,20(24)25)15-4-2-1-3-5-15/h1-13H,14H2/t21-/m1/s1. The van der Waals surface area contributed by atoms with Crippen molar-refractivity contribution in [3.05, 3.63) is 99.0 Å². The number of carbonyl (C=O) groups is 1. The SMILES string of the molecule is O=C1N(S(=O)(=O)c2ccc(Br)cc2)CC2=CC=C(Br)C=C[C@]12c1ccccc1. The van der Waals surface area contributed by atoms with Crippen molar-refractivity contribution in [2.24, 2.45) is 0 Å². The van der Waals surface area contributed by atoms with E-state index in [9.17, 15) is 13.2 Å². The molecular weight excluding hydrogens is 506 g/mol. The minimum atomic E-state index is -3.98. The van der Waals surface area contributed by atoms with Gasteiger partial charge in [-0.3, -0.25) is 4.79 Å². The van der Waals surface area contributed by atoms with Gasteiger partial charge in [0, 0.05) is 8.96 Å². The van der Waals surface area contributed by atoms with Gasteiger partial charge >= 0.3 is 0 Å². The van der Waals surface area contributed by atoms with Crippen molar-refractivity contribution in [2.45, 2.75) is 10.3 Å². The van der Waals surface area contributed by atoms with Crippen LogP contribution in [0.25, 0.3) is 0 Å². The number of rotatable bonds is 3. The predicted octanol–water partition coefficient (Wildman–Crippen LogP) is 4.69. The molecule has 1 amide bonds. The summed E-state index contributed by atoms with van der Waals surface area (Å²) < 4.78 is 29.0. The molecule has 0 unspecified atom stereocenters. The Kier molecular flexibility index (Phi) is 4.93. The molecule has 0 saturated carbocycles. The normalized spacial score (nSPS) is 21.8. The number of fused-ring (bicyclic) bond motifs is 1. The molecule has 0 bridgehead atoms. The highest BCUT2D eigenvalue weighted by Crippen LogP contribution is 2.45. The van der Waals surface area contributed by atoms with Gasteiger partial charge in [-0.25, -0.2) is 12.7 Å². The summed E-state index contributed by atoms with van der Waals surface area (Å²) in [5.74, 6) is -0.472. The van der Waals surface area contributed by atoms with Gasteiger partial charge in [0.25, 0.3) is 15.9 Å². The van der Waals surface area contributed by atoms with E-state index in [4.69, 9.17) is 0 Å². The van der Waals surface area contributed by atoms with E-state index in [0.717, 1.165) is 24.4 Å². The summed E-state index contributed by atoms with van der Waals surface area (Å²) in [6, 6.07) is 15.6. The first kappa shape index (κ1) is 19.4. The lowest BCUT2D eigenvalue weighted by molar-refractivity contribution is -0.126. The van der Waals surface area contributed by atoms with Gasteiger partial charge in [0.1, 0.15) is 5.41 Å². The highest BCUT2D eigenvalue weighted by Gasteiger charge is 2.53. The predicted molar refractivity (Wildman–Crippen MR) is 115 cm³/mol. The van der Waals surface area contributed by atoms with Gasteiger partial charge in [0.2, 0.25) is 0 Å². The molecule has 7 heteroatoms. The Hall–Kier alpha value is -1.96. The molecule has 0 aromatic heterocycles. The Morgan fingerprint density at radius 2 is 1.61 bits per heavy atom. The average molecular weight is 521 g/mol. The maximum atomic E-state index is 13.6. The monoisotopic (exact) mass is 519 g/mol. The minimum absolute atomic E-state index is 0.00719. The van der Waals surface area contributed by atoms with Crippen LogP contribution in [0.4, 0.5) is 0 Å². The Morgan fingerprint density at radius 1 is 0.929 bits per heavy atom. The second-order valence-corrected chi connectivity index (χ2v) is 10.2. The van der Waals surface area contributed by atoms with Gasteiger partial charge in [0.15, 0.2) is 0 Å². The maximum absolute atomic E-state index is 13.6. The van der Waals surface area contributed by atoms with Crippen molar-refractivity contribution in [3.63, 3.8) is 0 Å². The lowest BCUT2D eigenvalue weighted by Crippen LogP contribution is -2.40. The molecule has 1 saturated heterocycles. The summed E-state index contributed by atoms with van der Waals surface area (Å²) in [5, 5.41) is 0. The number of halogens is 2. The zero-order valence-electron chi connectivity index (χ0n) is 14.5. The van der Waals surface area contributed by atoms with Gasteiger partial charge in [-0.15, -0.1) is 0 Å². The van der Waals surface area contributed by atoms with E-state index >= 15 is 0 Å². The van der Waals surface area contributed by atoms with E-state index < -0.39 is 21.3 Å². The van der Waals surface area contributed by atoms with Crippen LogP contribution in [0, 0.1) is 0 Å². The highest BCUT2D eigenvalue weighted by molar-refractivity contribution is 9.12. The lowest BCUT2D eigenvalue weighted by Gasteiger charge is -2.25. The summed E-state index contributed by atoms with van der Waals surface area (Å²) in [4.78, 5) is 13.7. The van der Waals surface area contributed by atoms with Crippen LogP contribution in [-0.4, -0.2) is 25.2 Å². The third-order valence-electron chi connectivity index (χ3n) is 4.95. The van der Waals surface area contributed by atoms with Crippen molar-refractivity contribution < 1.29 is 13.2 Å². The van der Waals surface area contributed by atoms with Crippen LogP contribution in [0.15, 0.2) is 98.3 Å². The zero-order valence-corrected chi connectivity index (χ0v) is 18.5. The van der Waals surface area contributed by atoms with Crippen molar-refractivity contribution in [2.75, 3.05) is 6.54 Å². The molecule has 0 spiro atoms. The molecule has 1 heterocycles. The Morgan fingerprint density at radius 3 is 2.29 bits per heavy atom. The fraction of sp³-hybridized carbons (Fsp3) is 0.0952.